The Bertz CT molecular complexity index is 325. The summed E-state index contributed by atoms with van der Waals surface area (Å²) < 4.78 is 0. The molecule has 4 heteroatoms. The van der Waals surface area contributed by atoms with E-state index < -0.39 is 17.4 Å². The Morgan fingerprint density at radius 2 is 0.875 bits per heavy atom. The van der Waals surface area contributed by atoms with Crippen molar-refractivity contribution in [3.8, 4) is 0 Å². The Kier molecular flexibility index (Phi) is 13.7. The predicted molar refractivity (Wildman–Crippen MR) is 98.3 cm³/mol. The van der Waals surface area contributed by atoms with E-state index >= 15 is 0 Å². The molecule has 0 bridgehead atoms. The monoisotopic (exact) mass is 342 g/mol. The van der Waals surface area contributed by atoms with Crippen LogP contribution in [0.3, 0.4) is 0 Å². The van der Waals surface area contributed by atoms with E-state index in [0.29, 0.717) is 12.8 Å². The Morgan fingerprint density at radius 1 is 0.583 bits per heavy atom. The van der Waals surface area contributed by atoms with Gasteiger partial charge in [0, 0.05) is 0 Å². The van der Waals surface area contributed by atoms with Crippen molar-refractivity contribution in [1.29, 1.82) is 0 Å². The number of hydrogen-bond donors (Lipinski definition) is 2. The second kappa shape index (κ2) is 14.3. The molecule has 0 heterocycles. The molecule has 0 unspecified atom stereocenters. The fourth-order valence-electron chi connectivity index (χ4n) is 3.24. The topological polar surface area (TPSA) is 74.6 Å². The number of carbonyl (C=O) groups is 2. The molecule has 0 aliphatic heterocycles. The van der Waals surface area contributed by atoms with Crippen molar-refractivity contribution in [1.82, 2.24) is 0 Å². The van der Waals surface area contributed by atoms with E-state index in [1.165, 1.54) is 44.9 Å². The molecule has 0 aliphatic rings. The van der Waals surface area contributed by atoms with Crippen molar-refractivity contribution in [2.45, 2.75) is 110 Å². The molecule has 0 aliphatic carbocycles. The summed E-state index contributed by atoms with van der Waals surface area (Å²) in [6.45, 7) is 4.25. The van der Waals surface area contributed by atoms with Crippen LogP contribution >= 0.6 is 0 Å². The first-order valence-corrected chi connectivity index (χ1v) is 9.98. The van der Waals surface area contributed by atoms with Crippen LogP contribution in [0.1, 0.15) is 110 Å². The van der Waals surface area contributed by atoms with Crippen LogP contribution in [0.25, 0.3) is 0 Å². The lowest BCUT2D eigenvalue weighted by molar-refractivity contribution is -0.166. The van der Waals surface area contributed by atoms with Crippen LogP contribution in [0, 0.1) is 5.41 Å². The average molecular weight is 343 g/mol. The van der Waals surface area contributed by atoms with Gasteiger partial charge in [-0.05, 0) is 12.8 Å². The van der Waals surface area contributed by atoms with Gasteiger partial charge in [-0.1, -0.05) is 97.3 Å². The van der Waals surface area contributed by atoms with Gasteiger partial charge < -0.3 is 10.2 Å². The highest BCUT2D eigenvalue weighted by molar-refractivity contribution is 5.98. The Labute approximate surface area is 148 Å². The number of aliphatic carboxylic acids is 2. The van der Waals surface area contributed by atoms with Crippen molar-refractivity contribution in [2.75, 3.05) is 0 Å². The third-order valence-electron chi connectivity index (χ3n) is 4.98. The highest BCUT2D eigenvalue weighted by Gasteiger charge is 2.45. The normalized spacial score (nSPS) is 11.6. The number of hydrogen-bond acceptors (Lipinski definition) is 2. The molecule has 0 amide bonds. The first-order valence-electron chi connectivity index (χ1n) is 9.98. The van der Waals surface area contributed by atoms with Crippen LogP contribution < -0.4 is 0 Å². The zero-order chi connectivity index (χ0) is 18.3. The van der Waals surface area contributed by atoms with E-state index in [9.17, 15) is 19.8 Å². The number of rotatable bonds is 17. The lowest BCUT2D eigenvalue weighted by Gasteiger charge is -2.24. The third-order valence-corrected chi connectivity index (χ3v) is 4.98. The molecule has 0 saturated carbocycles. The van der Waals surface area contributed by atoms with Crippen LogP contribution in [0.4, 0.5) is 0 Å². The molecule has 4 nitrogen and oxygen atoms in total. The Morgan fingerprint density at radius 3 is 1.25 bits per heavy atom. The molecule has 0 rings (SSSR count). The van der Waals surface area contributed by atoms with E-state index in [2.05, 4.69) is 6.92 Å². The van der Waals surface area contributed by atoms with Crippen molar-refractivity contribution in [3.05, 3.63) is 0 Å². The molecule has 0 saturated heterocycles. The van der Waals surface area contributed by atoms with Gasteiger partial charge in [-0.2, -0.15) is 0 Å². The van der Waals surface area contributed by atoms with Gasteiger partial charge in [-0.3, -0.25) is 9.59 Å². The van der Waals surface area contributed by atoms with Gasteiger partial charge in [0.25, 0.3) is 0 Å². The zero-order valence-corrected chi connectivity index (χ0v) is 15.8. The van der Waals surface area contributed by atoms with Gasteiger partial charge in [0.05, 0.1) is 0 Å². The second-order valence-electron chi connectivity index (χ2n) is 7.08. The quantitative estimate of drug-likeness (QED) is 0.250. The van der Waals surface area contributed by atoms with E-state index in [0.717, 1.165) is 25.7 Å². The molecule has 0 atom stereocenters. The van der Waals surface area contributed by atoms with E-state index in [-0.39, 0.29) is 12.8 Å². The van der Waals surface area contributed by atoms with Gasteiger partial charge in [-0.25, -0.2) is 0 Å². The van der Waals surface area contributed by atoms with Crippen molar-refractivity contribution in [2.24, 2.45) is 5.41 Å². The summed E-state index contributed by atoms with van der Waals surface area (Å²) >= 11 is 0. The molecule has 0 spiro atoms. The van der Waals surface area contributed by atoms with Crippen LogP contribution in [0.5, 0.6) is 0 Å². The van der Waals surface area contributed by atoms with Gasteiger partial charge in [-0.15, -0.1) is 0 Å². The molecular formula is C20H38O4. The fraction of sp³-hybridized carbons (Fsp3) is 0.900. The number of carboxylic acid groups (broad SMARTS) is 2. The second-order valence-corrected chi connectivity index (χ2v) is 7.08. The van der Waals surface area contributed by atoms with E-state index in [4.69, 9.17) is 0 Å². The minimum atomic E-state index is -1.57. The largest absolute Gasteiger partial charge is 0.480 e. The Balaban J connectivity index is 4.02. The fourth-order valence-corrected chi connectivity index (χ4v) is 3.24. The lowest BCUT2D eigenvalue weighted by Crippen LogP contribution is -2.39. The maximum Gasteiger partial charge on any atom is 0.321 e. The molecule has 0 aromatic heterocycles. The van der Waals surface area contributed by atoms with Gasteiger partial charge >= 0.3 is 11.9 Å². The summed E-state index contributed by atoms with van der Waals surface area (Å²) in [6.07, 6.45) is 14.7. The maximum atomic E-state index is 11.6. The third kappa shape index (κ3) is 9.29. The summed E-state index contributed by atoms with van der Waals surface area (Å²) in [5.41, 5.74) is -1.57. The number of carboxylic acids is 2. The summed E-state index contributed by atoms with van der Waals surface area (Å²) in [6, 6.07) is 0. The van der Waals surface area contributed by atoms with Crippen LogP contribution in [0.15, 0.2) is 0 Å². The molecule has 0 fully saturated rings. The predicted octanol–water partition coefficient (Wildman–Crippen LogP) is 6.03. The average Bonchev–Trinajstić information content (AvgIpc) is 2.54. The molecular weight excluding hydrogens is 304 g/mol. The summed E-state index contributed by atoms with van der Waals surface area (Å²) in [5.74, 6) is -2.33. The molecule has 24 heavy (non-hydrogen) atoms. The van der Waals surface area contributed by atoms with Crippen LogP contribution in [0.2, 0.25) is 0 Å². The van der Waals surface area contributed by atoms with Gasteiger partial charge in [0.2, 0.25) is 0 Å². The molecule has 142 valence electrons. The summed E-state index contributed by atoms with van der Waals surface area (Å²) in [4.78, 5) is 23.1. The zero-order valence-electron chi connectivity index (χ0n) is 15.8. The minimum Gasteiger partial charge on any atom is -0.480 e. The van der Waals surface area contributed by atoms with E-state index in [1.54, 1.807) is 0 Å². The summed E-state index contributed by atoms with van der Waals surface area (Å²) in [7, 11) is 0. The molecule has 0 radical (unpaired) electrons. The molecule has 0 aromatic rings. The SMILES string of the molecule is CCCCCCCCCCCCC(CCCCC)(C(=O)O)C(=O)O. The van der Waals surface area contributed by atoms with Gasteiger partial charge in [0.15, 0.2) is 5.41 Å². The highest BCUT2D eigenvalue weighted by atomic mass is 16.4. The van der Waals surface area contributed by atoms with Gasteiger partial charge in [0.1, 0.15) is 0 Å². The van der Waals surface area contributed by atoms with Crippen molar-refractivity contribution < 1.29 is 19.8 Å². The first kappa shape index (κ1) is 22.9. The number of unbranched alkanes of at least 4 members (excludes halogenated alkanes) is 11. The molecule has 2 N–H and O–H groups in total. The van der Waals surface area contributed by atoms with Crippen LogP contribution in [-0.2, 0) is 9.59 Å². The highest BCUT2D eigenvalue weighted by Crippen LogP contribution is 2.33. The Hall–Kier alpha value is -1.06. The van der Waals surface area contributed by atoms with E-state index in [1.807, 2.05) is 6.92 Å². The lowest BCUT2D eigenvalue weighted by atomic mass is 9.78. The van der Waals surface area contributed by atoms with Crippen molar-refractivity contribution >= 4 is 11.9 Å². The smallest absolute Gasteiger partial charge is 0.321 e. The minimum absolute atomic E-state index is 0.253. The standard InChI is InChI=1S/C20H38O4/c1-3-5-7-8-9-10-11-12-13-15-17-20(18(21)22,19(23)24)16-14-6-4-2/h3-17H2,1-2H3,(H,21,22)(H,23,24). The van der Waals surface area contributed by atoms with Crippen molar-refractivity contribution in [3.63, 3.8) is 0 Å². The first-order chi connectivity index (χ1) is 11.5. The summed E-state index contributed by atoms with van der Waals surface area (Å²) in [5, 5.41) is 18.9. The maximum absolute atomic E-state index is 11.6. The van der Waals surface area contributed by atoms with Crippen LogP contribution in [-0.4, -0.2) is 22.2 Å². The molecule has 0 aromatic carbocycles.